The van der Waals surface area contributed by atoms with Gasteiger partial charge in [0.15, 0.2) is 9.75 Å². The van der Waals surface area contributed by atoms with Crippen LogP contribution in [0.2, 0.25) is 0 Å². The van der Waals surface area contributed by atoms with E-state index in [4.69, 9.17) is 27.9 Å². The average Bonchev–Trinajstić information content (AvgIpc) is 3.09. The van der Waals surface area contributed by atoms with E-state index in [1.807, 2.05) is 0 Å². The minimum atomic E-state index is -1.98. The van der Waals surface area contributed by atoms with Gasteiger partial charge in [-0.15, -0.1) is 23.2 Å². The molecule has 0 bridgehead atoms. The van der Waals surface area contributed by atoms with Gasteiger partial charge in [-0.2, -0.15) is 5.06 Å². The summed E-state index contributed by atoms with van der Waals surface area (Å²) in [6.45, 7) is 0. The first-order valence-corrected chi connectivity index (χ1v) is 11.1. The SMILES string of the molecule is COc1ccc(C2C3=CCC4C(=O)N(O)C(=O)C4C3CC3(Cl)C(=O)N(C)C(=O)C23Cl)c(O)c1. The van der Waals surface area contributed by atoms with Crippen molar-refractivity contribution in [2.45, 2.75) is 28.5 Å². The van der Waals surface area contributed by atoms with E-state index in [9.17, 15) is 29.5 Å². The highest BCUT2D eigenvalue weighted by atomic mass is 35.5. The molecule has 0 spiro atoms. The summed E-state index contributed by atoms with van der Waals surface area (Å²) in [5.74, 6) is -6.41. The predicted molar refractivity (Wildman–Crippen MR) is 114 cm³/mol. The van der Waals surface area contributed by atoms with Gasteiger partial charge in [0.2, 0.25) is 0 Å². The number of hydrogen-bond donors (Lipinski definition) is 2. The van der Waals surface area contributed by atoms with Crippen LogP contribution in [0.1, 0.15) is 24.3 Å². The maximum Gasteiger partial charge on any atom is 0.257 e. The number of phenols is 1. The van der Waals surface area contributed by atoms with Crippen molar-refractivity contribution in [1.29, 1.82) is 0 Å². The number of aromatic hydroxyl groups is 1. The van der Waals surface area contributed by atoms with Gasteiger partial charge < -0.3 is 9.84 Å². The lowest BCUT2D eigenvalue weighted by Crippen LogP contribution is -2.60. The quantitative estimate of drug-likeness (QED) is 0.277. The number of carbonyl (C=O) groups is 4. The number of ether oxygens (including phenoxy) is 1. The third-order valence-corrected chi connectivity index (χ3v) is 8.95. The molecule has 6 atom stereocenters. The Morgan fingerprint density at radius 3 is 2.42 bits per heavy atom. The second-order valence-electron chi connectivity index (χ2n) is 8.91. The lowest BCUT2D eigenvalue weighted by Gasteiger charge is -2.50. The first kappa shape index (κ1) is 22.2. The first-order valence-electron chi connectivity index (χ1n) is 10.3. The Morgan fingerprint density at radius 1 is 1.09 bits per heavy atom. The summed E-state index contributed by atoms with van der Waals surface area (Å²) in [6.07, 6.45) is 1.66. The number of imide groups is 2. The number of halogens is 2. The van der Waals surface area contributed by atoms with E-state index >= 15 is 0 Å². The fraction of sp³-hybridized carbons (Fsp3) is 0.455. The van der Waals surface area contributed by atoms with Gasteiger partial charge in [-0.05, 0) is 24.8 Å². The fourth-order valence-corrected chi connectivity index (χ4v) is 6.98. The van der Waals surface area contributed by atoms with Gasteiger partial charge in [-0.1, -0.05) is 17.7 Å². The number of carbonyl (C=O) groups excluding carboxylic acids is 4. The number of allylic oxidation sites excluding steroid dienone is 2. The van der Waals surface area contributed by atoms with Gasteiger partial charge in [-0.3, -0.25) is 29.3 Å². The third-order valence-electron chi connectivity index (χ3n) is 7.54. The molecular formula is C22H20Cl2N2O7. The van der Waals surface area contributed by atoms with E-state index in [0.29, 0.717) is 11.3 Å². The van der Waals surface area contributed by atoms with Crippen LogP contribution < -0.4 is 4.74 Å². The highest BCUT2D eigenvalue weighted by molar-refractivity contribution is 6.53. The number of phenolic OH excluding ortho intramolecular Hbond substituents is 1. The molecule has 0 radical (unpaired) electrons. The molecule has 2 N–H and O–H groups in total. The minimum Gasteiger partial charge on any atom is -0.508 e. The summed E-state index contributed by atoms with van der Waals surface area (Å²) < 4.78 is 5.15. The van der Waals surface area contributed by atoms with E-state index in [2.05, 4.69) is 0 Å². The molecule has 33 heavy (non-hydrogen) atoms. The number of benzene rings is 1. The zero-order valence-electron chi connectivity index (χ0n) is 17.6. The number of rotatable bonds is 2. The molecule has 2 aliphatic carbocycles. The molecule has 4 aliphatic rings. The van der Waals surface area contributed by atoms with Crippen molar-refractivity contribution in [2.75, 3.05) is 14.2 Å². The molecule has 2 saturated heterocycles. The standard InChI is InChI=1S/C22H20Cl2N2O7/c1-25-19(30)21(23)8-13-10(5-6-12-15(13)18(29)26(32)17(12)28)16(22(21,24)20(25)31)11-4-3-9(33-2)7-14(11)27/h3-5,7,12-13,15-16,27,32H,6,8H2,1-2H3. The molecule has 3 fully saturated rings. The first-order chi connectivity index (χ1) is 15.5. The van der Waals surface area contributed by atoms with Crippen molar-refractivity contribution in [2.24, 2.45) is 17.8 Å². The predicted octanol–water partition coefficient (Wildman–Crippen LogP) is 1.78. The number of likely N-dealkylation sites (tertiary alicyclic amines) is 1. The average molecular weight is 495 g/mol. The summed E-state index contributed by atoms with van der Waals surface area (Å²) in [5, 5.41) is 20.9. The number of fused-ring (bicyclic) bond motifs is 4. The Balaban J connectivity index is 1.76. The number of hydroxylamine groups is 2. The van der Waals surface area contributed by atoms with Crippen LogP contribution in [0, 0.1) is 17.8 Å². The summed E-state index contributed by atoms with van der Waals surface area (Å²) in [7, 11) is 2.71. The molecular weight excluding hydrogens is 475 g/mol. The van der Waals surface area contributed by atoms with Crippen LogP contribution >= 0.6 is 23.2 Å². The summed E-state index contributed by atoms with van der Waals surface area (Å²) >= 11 is 13.9. The number of alkyl halides is 2. The van der Waals surface area contributed by atoms with E-state index in [1.165, 1.54) is 26.3 Å². The van der Waals surface area contributed by atoms with Crippen molar-refractivity contribution >= 4 is 46.8 Å². The Kier molecular flexibility index (Phi) is 4.67. The molecule has 1 saturated carbocycles. The zero-order valence-corrected chi connectivity index (χ0v) is 19.1. The second kappa shape index (κ2) is 6.94. The van der Waals surface area contributed by atoms with Gasteiger partial charge in [0.25, 0.3) is 23.6 Å². The molecule has 0 aromatic heterocycles. The van der Waals surface area contributed by atoms with Crippen LogP contribution in [0.15, 0.2) is 29.8 Å². The van der Waals surface area contributed by atoms with Crippen molar-refractivity contribution in [3.63, 3.8) is 0 Å². The molecule has 9 nitrogen and oxygen atoms in total. The Hall–Kier alpha value is -2.62. The molecule has 4 amide bonds. The van der Waals surface area contributed by atoms with Crippen LogP contribution in [-0.4, -0.2) is 67.8 Å². The smallest absolute Gasteiger partial charge is 0.257 e. The molecule has 5 rings (SSSR count). The topological polar surface area (TPSA) is 124 Å². The van der Waals surface area contributed by atoms with Crippen LogP contribution in [0.5, 0.6) is 11.5 Å². The van der Waals surface area contributed by atoms with E-state index in [1.54, 1.807) is 12.1 Å². The highest BCUT2D eigenvalue weighted by Gasteiger charge is 2.76. The van der Waals surface area contributed by atoms with E-state index in [-0.39, 0.29) is 29.2 Å². The lowest BCUT2D eigenvalue weighted by atomic mass is 9.56. The van der Waals surface area contributed by atoms with Crippen molar-refractivity contribution < 1.29 is 34.2 Å². The summed E-state index contributed by atoms with van der Waals surface area (Å²) in [4.78, 5) is 48.7. The van der Waals surface area contributed by atoms with Crippen LogP contribution in [0.3, 0.4) is 0 Å². The van der Waals surface area contributed by atoms with Crippen LogP contribution in [-0.2, 0) is 19.2 Å². The van der Waals surface area contributed by atoms with Crippen LogP contribution in [0.25, 0.3) is 0 Å². The molecule has 174 valence electrons. The van der Waals surface area contributed by atoms with Crippen LogP contribution in [0.4, 0.5) is 0 Å². The van der Waals surface area contributed by atoms with E-state index in [0.717, 1.165) is 4.90 Å². The normalized spacial score (nSPS) is 37.7. The minimum absolute atomic E-state index is 0.114. The van der Waals surface area contributed by atoms with Gasteiger partial charge in [0, 0.05) is 24.6 Å². The summed E-state index contributed by atoms with van der Waals surface area (Å²) in [6, 6.07) is 4.46. The number of methoxy groups -OCH3 is 1. The number of nitrogens with zero attached hydrogens (tertiary/aromatic N) is 2. The van der Waals surface area contributed by atoms with Crippen molar-refractivity contribution in [3.8, 4) is 11.5 Å². The molecule has 6 unspecified atom stereocenters. The van der Waals surface area contributed by atoms with Gasteiger partial charge >= 0.3 is 0 Å². The van der Waals surface area contributed by atoms with Gasteiger partial charge in [-0.25, -0.2) is 0 Å². The maximum absolute atomic E-state index is 13.4. The molecule has 2 aliphatic heterocycles. The summed E-state index contributed by atoms with van der Waals surface area (Å²) in [5.41, 5.74) is 0.759. The van der Waals surface area contributed by atoms with Gasteiger partial charge in [0.05, 0.1) is 18.9 Å². The fourth-order valence-electron chi connectivity index (χ4n) is 5.97. The van der Waals surface area contributed by atoms with E-state index < -0.39 is 57.0 Å². The molecule has 1 aromatic carbocycles. The number of hydrogen-bond acceptors (Lipinski definition) is 7. The Bertz CT molecular complexity index is 1170. The van der Waals surface area contributed by atoms with Crippen molar-refractivity contribution in [1.82, 2.24) is 9.96 Å². The lowest BCUT2D eigenvalue weighted by molar-refractivity contribution is -0.173. The zero-order chi connectivity index (χ0) is 24.0. The largest absolute Gasteiger partial charge is 0.508 e. The Morgan fingerprint density at radius 2 is 1.79 bits per heavy atom. The third kappa shape index (κ3) is 2.53. The monoisotopic (exact) mass is 494 g/mol. The van der Waals surface area contributed by atoms with Crippen molar-refractivity contribution in [3.05, 3.63) is 35.4 Å². The number of amides is 4. The molecule has 11 heteroatoms. The maximum atomic E-state index is 13.4. The Labute approximate surface area is 198 Å². The highest BCUT2D eigenvalue weighted by Crippen LogP contribution is 2.65. The second-order valence-corrected chi connectivity index (χ2v) is 10.2. The molecule has 2 heterocycles. The van der Waals surface area contributed by atoms with Gasteiger partial charge in [0.1, 0.15) is 11.5 Å². The molecule has 1 aromatic rings.